The first-order valence-electron chi connectivity index (χ1n) is 11.4. The van der Waals surface area contributed by atoms with Gasteiger partial charge in [0.05, 0.1) is 26.8 Å². The fourth-order valence-corrected chi connectivity index (χ4v) is 5.40. The normalized spacial score (nSPS) is 14.2. The SMILES string of the molecule is Cc1oc2cc(OC(=O)C3CCN(C(=O)c4cccs4)CC3)ccc2c(=O)c1-c1c(F)cccc1Cl. The van der Waals surface area contributed by atoms with Crippen LogP contribution in [0, 0.1) is 18.7 Å². The molecule has 1 amide bonds. The first-order valence-corrected chi connectivity index (χ1v) is 12.7. The quantitative estimate of drug-likeness (QED) is 0.238. The van der Waals surface area contributed by atoms with E-state index in [4.69, 9.17) is 20.8 Å². The lowest BCUT2D eigenvalue weighted by molar-refractivity contribution is -0.140. The van der Waals surface area contributed by atoms with E-state index in [9.17, 15) is 18.8 Å². The molecule has 36 heavy (non-hydrogen) atoms. The first kappa shape index (κ1) is 24.2. The maximum Gasteiger partial charge on any atom is 0.314 e. The van der Waals surface area contributed by atoms with Crippen LogP contribution in [0.3, 0.4) is 0 Å². The summed E-state index contributed by atoms with van der Waals surface area (Å²) in [6.07, 6.45) is 1.01. The molecule has 2 aromatic heterocycles. The van der Waals surface area contributed by atoms with Gasteiger partial charge >= 0.3 is 5.97 Å². The lowest BCUT2D eigenvalue weighted by atomic mass is 9.97. The number of thiophene rings is 1. The maximum absolute atomic E-state index is 14.5. The molecule has 0 aliphatic carbocycles. The highest BCUT2D eigenvalue weighted by Crippen LogP contribution is 2.33. The van der Waals surface area contributed by atoms with Crippen molar-refractivity contribution in [3.63, 3.8) is 0 Å². The van der Waals surface area contributed by atoms with E-state index < -0.39 is 17.2 Å². The minimum Gasteiger partial charge on any atom is -0.460 e. The molecule has 0 N–H and O–H groups in total. The Kier molecular flexibility index (Phi) is 6.64. The molecule has 0 unspecified atom stereocenters. The summed E-state index contributed by atoms with van der Waals surface area (Å²) >= 11 is 7.57. The molecule has 1 saturated heterocycles. The van der Waals surface area contributed by atoms with Crippen LogP contribution in [-0.2, 0) is 4.79 Å². The topological polar surface area (TPSA) is 76.8 Å². The second-order valence-corrected chi connectivity index (χ2v) is 9.94. The number of carbonyl (C=O) groups excluding carboxylic acids is 2. The van der Waals surface area contributed by atoms with Gasteiger partial charge < -0.3 is 14.1 Å². The van der Waals surface area contributed by atoms with Gasteiger partial charge in [-0.05, 0) is 55.5 Å². The van der Waals surface area contributed by atoms with Crippen LogP contribution in [0.2, 0.25) is 5.02 Å². The Balaban J connectivity index is 1.33. The molecule has 0 spiro atoms. The summed E-state index contributed by atoms with van der Waals surface area (Å²) in [5.74, 6) is -0.938. The van der Waals surface area contributed by atoms with E-state index >= 15 is 0 Å². The van der Waals surface area contributed by atoms with Gasteiger partial charge in [0, 0.05) is 24.7 Å². The molecule has 9 heteroatoms. The van der Waals surface area contributed by atoms with Gasteiger partial charge in [0.1, 0.15) is 22.9 Å². The number of ether oxygens (including phenoxy) is 1. The van der Waals surface area contributed by atoms with Crippen molar-refractivity contribution in [1.29, 1.82) is 0 Å². The van der Waals surface area contributed by atoms with E-state index in [0.29, 0.717) is 30.8 Å². The molecular weight excluding hydrogens is 505 g/mol. The molecule has 1 aliphatic heterocycles. The fraction of sp³-hybridized carbons (Fsp3) is 0.222. The average molecular weight is 526 g/mol. The Labute approximate surface area is 214 Å². The first-order chi connectivity index (χ1) is 17.3. The number of nitrogens with zero attached hydrogens (tertiary/aromatic N) is 1. The highest BCUT2D eigenvalue weighted by atomic mass is 35.5. The zero-order valence-corrected chi connectivity index (χ0v) is 20.8. The van der Waals surface area contributed by atoms with Crippen LogP contribution in [0.4, 0.5) is 4.39 Å². The number of amides is 1. The molecule has 0 bridgehead atoms. The van der Waals surface area contributed by atoms with Crippen molar-refractivity contribution in [3.8, 4) is 16.9 Å². The highest BCUT2D eigenvalue weighted by Gasteiger charge is 2.29. The summed E-state index contributed by atoms with van der Waals surface area (Å²) in [5, 5.41) is 2.19. The largest absolute Gasteiger partial charge is 0.460 e. The van der Waals surface area contributed by atoms with Gasteiger partial charge in [-0.2, -0.15) is 0 Å². The number of rotatable bonds is 4. The third kappa shape index (κ3) is 4.54. The number of benzene rings is 2. The van der Waals surface area contributed by atoms with Crippen molar-refractivity contribution in [1.82, 2.24) is 4.90 Å². The second-order valence-electron chi connectivity index (χ2n) is 8.58. The number of hydrogen-bond acceptors (Lipinski definition) is 6. The van der Waals surface area contributed by atoms with Crippen LogP contribution in [0.25, 0.3) is 22.1 Å². The van der Waals surface area contributed by atoms with Crippen molar-refractivity contribution in [3.05, 3.63) is 85.6 Å². The van der Waals surface area contributed by atoms with Crippen molar-refractivity contribution in [2.45, 2.75) is 19.8 Å². The van der Waals surface area contributed by atoms with Crippen LogP contribution >= 0.6 is 22.9 Å². The van der Waals surface area contributed by atoms with Crippen LogP contribution < -0.4 is 10.2 Å². The van der Waals surface area contributed by atoms with Crippen molar-refractivity contribution < 1.29 is 23.1 Å². The van der Waals surface area contributed by atoms with Gasteiger partial charge in [0.25, 0.3) is 5.91 Å². The van der Waals surface area contributed by atoms with Gasteiger partial charge in [-0.25, -0.2) is 4.39 Å². The number of halogens is 2. The van der Waals surface area contributed by atoms with Crippen molar-refractivity contribution in [2.75, 3.05) is 13.1 Å². The number of fused-ring (bicyclic) bond motifs is 1. The minimum atomic E-state index is -0.620. The van der Waals surface area contributed by atoms with Crippen molar-refractivity contribution >= 4 is 45.8 Å². The molecule has 0 saturated carbocycles. The van der Waals surface area contributed by atoms with Crippen LogP contribution in [-0.4, -0.2) is 29.9 Å². The number of esters is 1. The second kappa shape index (κ2) is 9.87. The molecule has 0 radical (unpaired) electrons. The molecule has 184 valence electrons. The minimum absolute atomic E-state index is 0.00766. The Hall–Kier alpha value is -3.49. The molecule has 2 aromatic carbocycles. The predicted molar refractivity (Wildman–Crippen MR) is 136 cm³/mol. The Bertz CT molecular complexity index is 1500. The van der Waals surface area contributed by atoms with Crippen LogP contribution in [0.15, 0.2) is 63.1 Å². The van der Waals surface area contributed by atoms with Crippen LogP contribution in [0.1, 0.15) is 28.3 Å². The summed E-state index contributed by atoms with van der Waals surface area (Å²) in [6.45, 7) is 2.51. The van der Waals surface area contributed by atoms with E-state index in [1.165, 1.54) is 47.7 Å². The standard InChI is InChI=1S/C27H21ClFNO5S/c1-15-23(24-19(28)4-2-5-20(24)29)25(31)18-8-7-17(14-21(18)34-15)35-27(33)16-9-11-30(12-10-16)26(32)22-6-3-13-36-22/h2-8,13-14,16H,9-12H2,1H3. The van der Waals surface area contributed by atoms with Gasteiger partial charge in [0.2, 0.25) is 5.43 Å². The lowest BCUT2D eigenvalue weighted by Gasteiger charge is -2.30. The van der Waals surface area contributed by atoms with Crippen molar-refractivity contribution in [2.24, 2.45) is 5.92 Å². The Morgan fingerprint density at radius 1 is 1.11 bits per heavy atom. The van der Waals surface area contributed by atoms with Gasteiger partial charge in [-0.1, -0.05) is 23.7 Å². The summed E-state index contributed by atoms with van der Waals surface area (Å²) in [5.41, 5.74) is -0.164. The van der Waals surface area contributed by atoms with Gasteiger partial charge in [-0.15, -0.1) is 11.3 Å². The zero-order chi connectivity index (χ0) is 25.4. The average Bonchev–Trinajstić information content (AvgIpc) is 3.40. The lowest BCUT2D eigenvalue weighted by Crippen LogP contribution is -2.40. The van der Waals surface area contributed by atoms with Gasteiger partial charge in [-0.3, -0.25) is 14.4 Å². The molecule has 6 nitrogen and oxygen atoms in total. The van der Waals surface area contributed by atoms with E-state index in [-0.39, 0.29) is 50.5 Å². The molecule has 1 aliphatic rings. The van der Waals surface area contributed by atoms with E-state index in [1.807, 2.05) is 11.4 Å². The van der Waals surface area contributed by atoms with E-state index in [2.05, 4.69) is 0 Å². The maximum atomic E-state index is 14.5. The zero-order valence-electron chi connectivity index (χ0n) is 19.3. The Morgan fingerprint density at radius 3 is 2.58 bits per heavy atom. The summed E-state index contributed by atoms with van der Waals surface area (Å²) in [4.78, 5) is 40.9. The number of likely N-dealkylation sites (tertiary alicyclic amines) is 1. The third-order valence-electron chi connectivity index (χ3n) is 6.32. The third-order valence-corrected chi connectivity index (χ3v) is 7.49. The number of carbonyl (C=O) groups is 2. The number of aryl methyl sites for hydroxylation is 1. The molecule has 1 fully saturated rings. The van der Waals surface area contributed by atoms with E-state index in [0.717, 1.165) is 0 Å². The Morgan fingerprint density at radius 2 is 1.89 bits per heavy atom. The molecule has 3 heterocycles. The summed E-state index contributed by atoms with van der Waals surface area (Å²) in [7, 11) is 0. The molecule has 5 rings (SSSR count). The monoisotopic (exact) mass is 525 g/mol. The van der Waals surface area contributed by atoms with Gasteiger partial charge in [0.15, 0.2) is 0 Å². The number of hydrogen-bond donors (Lipinski definition) is 0. The van der Waals surface area contributed by atoms with Crippen LogP contribution in [0.5, 0.6) is 5.75 Å². The summed E-state index contributed by atoms with van der Waals surface area (Å²) in [6, 6.07) is 12.3. The smallest absolute Gasteiger partial charge is 0.314 e. The predicted octanol–water partition coefficient (Wildman–Crippen LogP) is 6.08. The summed E-state index contributed by atoms with van der Waals surface area (Å²) < 4.78 is 25.9. The molecule has 4 aromatic rings. The van der Waals surface area contributed by atoms with E-state index in [1.54, 1.807) is 17.9 Å². The highest BCUT2D eigenvalue weighted by molar-refractivity contribution is 7.12. The fourth-order valence-electron chi connectivity index (χ4n) is 4.45. The number of piperidine rings is 1. The molecule has 0 atom stereocenters. The molecular formula is C27H21ClFNO5S.